The van der Waals surface area contributed by atoms with E-state index in [2.05, 4.69) is 18.0 Å². The molecule has 1 aliphatic carbocycles. The summed E-state index contributed by atoms with van der Waals surface area (Å²) >= 11 is 0. The van der Waals surface area contributed by atoms with Crippen molar-refractivity contribution in [3.05, 3.63) is 65.2 Å². The molecule has 1 heterocycles. The van der Waals surface area contributed by atoms with Crippen LogP contribution in [0.2, 0.25) is 0 Å². The van der Waals surface area contributed by atoms with E-state index in [-0.39, 0.29) is 11.7 Å². The number of hydrogen-bond donors (Lipinski definition) is 1. The summed E-state index contributed by atoms with van der Waals surface area (Å²) in [7, 11) is 0. The van der Waals surface area contributed by atoms with E-state index in [9.17, 15) is 4.39 Å². The molecule has 2 N–H and O–H groups in total. The third-order valence-corrected chi connectivity index (χ3v) is 4.53. The lowest BCUT2D eigenvalue weighted by molar-refractivity contribution is 0.333. The van der Waals surface area contributed by atoms with E-state index in [0.717, 1.165) is 30.5 Å². The number of benzene rings is 1. The molecule has 0 saturated carbocycles. The van der Waals surface area contributed by atoms with Gasteiger partial charge in [0.05, 0.1) is 0 Å². The number of nitrogens with two attached hydrogens (primary N) is 1. The van der Waals surface area contributed by atoms with Gasteiger partial charge in [0.1, 0.15) is 5.82 Å². The van der Waals surface area contributed by atoms with Crippen molar-refractivity contribution in [2.75, 3.05) is 0 Å². The Kier molecular flexibility index (Phi) is 3.30. The number of hydrogen-bond acceptors (Lipinski definition) is 2. The van der Waals surface area contributed by atoms with Crippen LogP contribution in [0, 0.1) is 5.82 Å². The fourth-order valence-electron chi connectivity index (χ4n) is 3.34. The first-order chi connectivity index (χ1) is 9.65. The lowest BCUT2D eigenvalue weighted by Crippen LogP contribution is -2.42. The predicted octanol–water partition coefficient (Wildman–Crippen LogP) is 3.51. The highest BCUT2D eigenvalue weighted by Gasteiger charge is 2.40. The Bertz CT molecular complexity index is 626. The summed E-state index contributed by atoms with van der Waals surface area (Å²) < 4.78 is 13.5. The van der Waals surface area contributed by atoms with E-state index in [1.807, 2.05) is 18.3 Å². The second-order valence-corrected chi connectivity index (χ2v) is 5.54. The Hall–Kier alpha value is -1.74. The first-order valence-electron chi connectivity index (χ1n) is 7.14. The van der Waals surface area contributed by atoms with Crippen molar-refractivity contribution in [2.24, 2.45) is 5.73 Å². The van der Waals surface area contributed by atoms with Crippen molar-refractivity contribution in [3.8, 4) is 0 Å². The molecule has 0 aliphatic heterocycles. The summed E-state index contributed by atoms with van der Waals surface area (Å²) in [5.74, 6) is -0.0736. The highest BCUT2D eigenvalue weighted by molar-refractivity contribution is 5.37. The maximum Gasteiger partial charge on any atom is 0.123 e. The molecule has 104 valence electrons. The minimum atomic E-state index is -0.554. The Morgan fingerprint density at radius 3 is 2.95 bits per heavy atom. The van der Waals surface area contributed by atoms with Gasteiger partial charge in [0.2, 0.25) is 0 Å². The van der Waals surface area contributed by atoms with Gasteiger partial charge in [0, 0.05) is 23.3 Å². The fraction of sp³-hybridized carbons (Fsp3) is 0.353. The molecule has 20 heavy (non-hydrogen) atoms. The third kappa shape index (κ3) is 2.02. The molecule has 0 spiro atoms. The normalized spacial score (nSPS) is 20.4. The van der Waals surface area contributed by atoms with Crippen LogP contribution in [0.1, 0.15) is 42.5 Å². The van der Waals surface area contributed by atoms with Crippen molar-refractivity contribution < 1.29 is 4.39 Å². The lowest BCUT2D eigenvalue weighted by Gasteiger charge is -2.35. The van der Waals surface area contributed by atoms with Gasteiger partial charge >= 0.3 is 0 Å². The number of pyridine rings is 1. The van der Waals surface area contributed by atoms with Gasteiger partial charge in [-0.1, -0.05) is 25.1 Å². The van der Waals surface area contributed by atoms with Crippen LogP contribution in [0.5, 0.6) is 0 Å². The van der Waals surface area contributed by atoms with Crippen molar-refractivity contribution in [1.29, 1.82) is 0 Å². The highest BCUT2D eigenvalue weighted by Crippen LogP contribution is 2.44. The maximum absolute atomic E-state index is 13.5. The van der Waals surface area contributed by atoms with Crippen molar-refractivity contribution >= 4 is 0 Å². The molecule has 0 fully saturated rings. The van der Waals surface area contributed by atoms with E-state index < -0.39 is 5.54 Å². The Labute approximate surface area is 118 Å². The quantitative estimate of drug-likeness (QED) is 0.927. The molecule has 3 rings (SSSR count). The average molecular weight is 270 g/mol. The molecule has 0 radical (unpaired) electrons. The van der Waals surface area contributed by atoms with Gasteiger partial charge in [-0.2, -0.15) is 0 Å². The van der Waals surface area contributed by atoms with E-state index in [4.69, 9.17) is 5.73 Å². The third-order valence-electron chi connectivity index (χ3n) is 4.53. The molecule has 1 aromatic carbocycles. The molecule has 2 aromatic rings. The molecule has 0 saturated heterocycles. The van der Waals surface area contributed by atoms with Crippen LogP contribution in [0.4, 0.5) is 4.39 Å². The smallest absolute Gasteiger partial charge is 0.123 e. The Balaban J connectivity index is 2.06. The zero-order valence-electron chi connectivity index (χ0n) is 11.6. The molecular formula is C17H19FN2. The molecule has 1 aliphatic rings. The largest absolute Gasteiger partial charge is 0.321 e. The van der Waals surface area contributed by atoms with Crippen LogP contribution in [0.25, 0.3) is 0 Å². The molecule has 2 nitrogen and oxygen atoms in total. The summed E-state index contributed by atoms with van der Waals surface area (Å²) in [6.07, 6.45) is 4.56. The van der Waals surface area contributed by atoms with Crippen molar-refractivity contribution in [3.63, 3.8) is 0 Å². The fourth-order valence-corrected chi connectivity index (χ4v) is 3.34. The average Bonchev–Trinajstić information content (AvgIpc) is 2.91. The number of nitrogens with zero attached hydrogens (tertiary/aromatic N) is 1. The molecular weight excluding hydrogens is 251 g/mol. The van der Waals surface area contributed by atoms with Crippen molar-refractivity contribution in [2.45, 2.75) is 37.6 Å². The number of halogens is 1. The van der Waals surface area contributed by atoms with Crippen LogP contribution in [-0.4, -0.2) is 4.98 Å². The second kappa shape index (κ2) is 4.98. The van der Waals surface area contributed by atoms with Gasteiger partial charge in [-0.25, -0.2) is 4.39 Å². The minimum absolute atomic E-state index is 0.158. The van der Waals surface area contributed by atoms with Crippen LogP contribution < -0.4 is 5.73 Å². The number of aryl methyl sites for hydroxylation is 1. The van der Waals surface area contributed by atoms with E-state index in [0.29, 0.717) is 0 Å². The Morgan fingerprint density at radius 2 is 2.20 bits per heavy atom. The molecule has 3 heteroatoms. The molecule has 2 unspecified atom stereocenters. The second-order valence-electron chi connectivity index (χ2n) is 5.54. The van der Waals surface area contributed by atoms with Gasteiger partial charge in [-0.05, 0) is 48.6 Å². The highest BCUT2D eigenvalue weighted by atomic mass is 19.1. The molecule has 2 atom stereocenters. The first kappa shape index (κ1) is 13.3. The summed E-state index contributed by atoms with van der Waals surface area (Å²) in [6.45, 7) is 2.06. The zero-order chi connectivity index (χ0) is 14.2. The van der Waals surface area contributed by atoms with Gasteiger partial charge < -0.3 is 5.73 Å². The van der Waals surface area contributed by atoms with Gasteiger partial charge in [-0.15, -0.1) is 0 Å². The van der Waals surface area contributed by atoms with E-state index >= 15 is 0 Å². The summed E-state index contributed by atoms with van der Waals surface area (Å²) in [5, 5.41) is 0. The summed E-state index contributed by atoms with van der Waals surface area (Å²) in [5.41, 5.74) is 9.37. The van der Waals surface area contributed by atoms with E-state index in [1.54, 1.807) is 12.1 Å². The van der Waals surface area contributed by atoms with Crippen LogP contribution in [0.3, 0.4) is 0 Å². The standard InChI is InChI=1S/C17H19FN2/c1-2-17(19,13-6-3-7-14(18)11-13)15-9-8-12-5-4-10-20-16(12)15/h3-7,10-11,15H,2,8-9,19H2,1H3. The molecule has 0 amide bonds. The predicted molar refractivity (Wildman–Crippen MR) is 77.9 cm³/mol. The monoisotopic (exact) mass is 270 g/mol. The van der Waals surface area contributed by atoms with Gasteiger partial charge in [0.25, 0.3) is 0 Å². The molecule has 1 aromatic heterocycles. The SMILES string of the molecule is CCC(N)(c1cccc(F)c1)C1CCc2cccnc21. The summed E-state index contributed by atoms with van der Waals surface area (Å²) in [6, 6.07) is 10.8. The maximum atomic E-state index is 13.5. The van der Waals surface area contributed by atoms with Crippen molar-refractivity contribution in [1.82, 2.24) is 4.98 Å². The summed E-state index contributed by atoms with van der Waals surface area (Å²) in [4.78, 5) is 4.53. The number of fused-ring (bicyclic) bond motifs is 1. The zero-order valence-corrected chi connectivity index (χ0v) is 11.6. The lowest BCUT2D eigenvalue weighted by atomic mass is 9.75. The molecule has 0 bridgehead atoms. The van der Waals surface area contributed by atoms with Crippen LogP contribution >= 0.6 is 0 Å². The Morgan fingerprint density at radius 1 is 1.35 bits per heavy atom. The van der Waals surface area contributed by atoms with Crippen LogP contribution in [0.15, 0.2) is 42.6 Å². The van der Waals surface area contributed by atoms with Crippen LogP contribution in [-0.2, 0) is 12.0 Å². The van der Waals surface area contributed by atoms with Gasteiger partial charge in [0.15, 0.2) is 0 Å². The number of aromatic nitrogens is 1. The first-order valence-corrected chi connectivity index (χ1v) is 7.14. The van der Waals surface area contributed by atoms with Gasteiger partial charge in [-0.3, -0.25) is 4.98 Å². The number of rotatable bonds is 3. The minimum Gasteiger partial charge on any atom is -0.321 e. The van der Waals surface area contributed by atoms with E-state index in [1.165, 1.54) is 11.6 Å². The topological polar surface area (TPSA) is 38.9 Å².